The van der Waals surface area contributed by atoms with E-state index in [1.54, 1.807) is 23.5 Å². The Balaban J connectivity index is 2.86. The molecule has 0 aliphatic carbocycles. The van der Waals surface area contributed by atoms with Crippen LogP contribution in [-0.4, -0.2) is 0 Å². The van der Waals surface area contributed by atoms with E-state index in [0.29, 0.717) is 0 Å². The molecule has 0 aliphatic heterocycles. The highest BCUT2D eigenvalue weighted by molar-refractivity contribution is 7.17. The molecule has 0 bridgehead atoms. The van der Waals surface area contributed by atoms with E-state index in [1.165, 1.54) is 0 Å². The van der Waals surface area contributed by atoms with E-state index in [0.717, 1.165) is 10.1 Å². The molecule has 1 radical (unpaired) electrons. The molecule has 0 aliphatic rings. The Labute approximate surface area is 62.5 Å². The first-order chi connectivity index (χ1) is 4.86. The van der Waals surface area contributed by atoms with Gasteiger partial charge in [0.15, 0.2) is 5.75 Å². The third-order valence-corrected chi connectivity index (χ3v) is 2.31. The average molecular weight is 149 g/mol. The van der Waals surface area contributed by atoms with E-state index in [1.807, 2.05) is 17.5 Å². The molecule has 2 rings (SSSR count). The maximum absolute atomic E-state index is 10.8. The lowest BCUT2D eigenvalue weighted by atomic mass is 10.2. The summed E-state index contributed by atoms with van der Waals surface area (Å²) in [7, 11) is 0. The molecule has 1 nitrogen and oxygen atoms in total. The molecule has 0 atom stereocenters. The third kappa shape index (κ3) is 0.772. The predicted molar refractivity (Wildman–Crippen MR) is 42.0 cm³/mol. The van der Waals surface area contributed by atoms with Crippen LogP contribution in [0.15, 0.2) is 29.6 Å². The minimum Gasteiger partial charge on any atom is -0.290 e. The average Bonchev–Trinajstić information content (AvgIpc) is 2.33. The second kappa shape index (κ2) is 1.99. The quantitative estimate of drug-likeness (QED) is 0.548. The Morgan fingerprint density at radius 2 is 2.10 bits per heavy atom. The number of fused-ring (bicyclic) bond motifs is 1. The zero-order valence-electron chi connectivity index (χ0n) is 5.20. The minimum atomic E-state index is 0.0925. The molecule has 1 heterocycles. The molecule has 0 spiro atoms. The first-order valence-electron chi connectivity index (χ1n) is 3.00. The van der Waals surface area contributed by atoms with Gasteiger partial charge in [-0.05, 0) is 29.0 Å². The minimum absolute atomic E-state index is 0.0925. The molecular formula is C8H5OS. The lowest BCUT2D eigenvalue weighted by Crippen LogP contribution is -1.60. The molecule has 49 valence electrons. The van der Waals surface area contributed by atoms with Crippen molar-refractivity contribution in [2.45, 2.75) is 0 Å². The summed E-state index contributed by atoms with van der Waals surface area (Å²) >= 11 is 1.60. The second-order valence-electron chi connectivity index (χ2n) is 2.12. The van der Waals surface area contributed by atoms with Gasteiger partial charge in [-0.2, -0.15) is 0 Å². The lowest BCUT2D eigenvalue weighted by Gasteiger charge is -1.86. The topological polar surface area (TPSA) is 19.9 Å². The van der Waals surface area contributed by atoms with Gasteiger partial charge in [-0.3, -0.25) is 5.11 Å². The molecule has 0 fully saturated rings. The van der Waals surface area contributed by atoms with Crippen molar-refractivity contribution in [3.8, 4) is 5.75 Å². The van der Waals surface area contributed by atoms with Crippen LogP contribution in [0.4, 0.5) is 0 Å². The van der Waals surface area contributed by atoms with Gasteiger partial charge < -0.3 is 0 Å². The van der Waals surface area contributed by atoms with Crippen LogP contribution in [0.25, 0.3) is 10.1 Å². The van der Waals surface area contributed by atoms with Gasteiger partial charge in [0.25, 0.3) is 0 Å². The van der Waals surface area contributed by atoms with Gasteiger partial charge in [0, 0.05) is 10.8 Å². The monoisotopic (exact) mass is 149 g/mol. The van der Waals surface area contributed by atoms with Crippen LogP contribution in [-0.2, 0) is 5.11 Å². The van der Waals surface area contributed by atoms with Crippen LogP contribution in [0.2, 0.25) is 0 Å². The van der Waals surface area contributed by atoms with E-state index in [4.69, 9.17) is 0 Å². The van der Waals surface area contributed by atoms with Gasteiger partial charge in [0.1, 0.15) is 0 Å². The zero-order chi connectivity index (χ0) is 6.97. The zero-order valence-corrected chi connectivity index (χ0v) is 6.02. The van der Waals surface area contributed by atoms with Crippen molar-refractivity contribution in [2.75, 3.05) is 0 Å². The van der Waals surface area contributed by atoms with Gasteiger partial charge in [0.05, 0.1) is 0 Å². The molecule has 1 aromatic heterocycles. The highest BCUT2D eigenvalue weighted by atomic mass is 32.1. The summed E-state index contributed by atoms with van der Waals surface area (Å²) in [6.45, 7) is 0. The van der Waals surface area contributed by atoms with Crippen molar-refractivity contribution in [1.29, 1.82) is 0 Å². The first-order valence-corrected chi connectivity index (χ1v) is 3.88. The van der Waals surface area contributed by atoms with Crippen LogP contribution < -0.4 is 0 Å². The van der Waals surface area contributed by atoms with Gasteiger partial charge >= 0.3 is 0 Å². The normalized spacial score (nSPS) is 10.4. The highest BCUT2D eigenvalue weighted by Crippen LogP contribution is 2.24. The Hall–Kier alpha value is -1.02. The van der Waals surface area contributed by atoms with Crippen LogP contribution in [0.5, 0.6) is 5.75 Å². The molecule has 0 unspecified atom stereocenters. The summed E-state index contributed by atoms with van der Waals surface area (Å²) in [6.07, 6.45) is 0. The van der Waals surface area contributed by atoms with Crippen molar-refractivity contribution < 1.29 is 5.11 Å². The van der Waals surface area contributed by atoms with Crippen molar-refractivity contribution in [2.24, 2.45) is 0 Å². The van der Waals surface area contributed by atoms with Gasteiger partial charge in [-0.25, -0.2) is 0 Å². The summed E-state index contributed by atoms with van der Waals surface area (Å²) in [5.74, 6) is 0.0925. The Morgan fingerprint density at radius 3 is 3.00 bits per heavy atom. The Morgan fingerprint density at radius 1 is 1.20 bits per heavy atom. The van der Waals surface area contributed by atoms with Crippen molar-refractivity contribution >= 4 is 21.4 Å². The van der Waals surface area contributed by atoms with Crippen LogP contribution in [0, 0.1) is 0 Å². The fourth-order valence-corrected chi connectivity index (χ4v) is 1.75. The van der Waals surface area contributed by atoms with Crippen molar-refractivity contribution in [3.63, 3.8) is 0 Å². The molecule has 2 heteroatoms. The Bertz CT molecular complexity index is 351. The van der Waals surface area contributed by atoms with Crippen LogP contribution >= 0.6 is 11.3 Å². The molecule has 0 saturated heterocycles. The van der Waals surface area contributed by atoms with E-state index < -0.39 is 0 Å². The fourth-order valence-electron chi connectivity index (χ4n) is 0.935. The summed E-state index contributed by atoms with van der Waals surface area (Å²) in [6, 6.07) is 7.13. The summed E-state index contributed by atoms with van der Waals surface area (Å²) in [4.78, 5) is 0. The van der Waals surface area contributed by atoms with Crippen LogP contribution in [0.1, 0.15) is 0 Å². The number of hydrogen-bond donors (Lipinski definition) is 0. The number of thiophene rings is 1. The second-order valence-corrected chi connectivity index (χ2v) is 3.07. The molecular weight excluding hydrogens is 144 g/mol. The number of hydrogen-bond acceptors (Lipinski definition) is 1. The largest absolute Gasteiger partial charge is 0.290 e. The fraction of sp³-hybridized carbons (Fsp3) is 0. The summed E-state index contributed by atoms with van der Waals surface area (Å²) < 4.78 is 1.08. The maximum Gasteiger partial charge on any atom is 0.180 e. The predicted octanol–water partition coefficient (Wildman–Crippen LogP) is 3.05. The first kappa shape index (κ1) is 5.74. The molecule has 10 heavy (non-hydrogen) atoms. The molecule has 0 amide bonds. The third-order valence-electron chi connectivity index (χ3n) is 1.43. The summed E-state index contributed by atoms with van der Waals surface area (Å²) in [5, 5.41) is 13.9. The van der Waals surface area contributed by atoms with Crippen molar-refractivity contribution in [3.05, 3.63) is 29.6 Å². The van der Waals surface area contributed by atoms with Gasteiger partial charge in [-0.1, -0.05) is 0 Å². The smallest absolute Gasteiger partial charge is 0.180 e. The summed E-state index contributed by atoms with van der Waals surface area (Å²) in [5.41, 5.74) is 0. The number of rotatable bonds is 0. The maximum atomic E-state index is 10.8. The molecule has 0 N–H and O–H groups in total. The van der Waals surface area contributed by atoms with E-state index in [9.17, 15) is 5.11 Å². The highest BCUT2D eigenvalue weighted by Gasteiger charge is 1.95. The molecule has 1 aromatic carbocycles. The SMILES string of the molecule is [O]c1ccc2ccsc2c1. The van der Waals surface area contributed by atoms with E-state index in [-0.39, 0.29) is 5.75 Å². The van der Waals surface area contributed by atoms with Crippen LogP contribution in [0.3, 0.4) is 0 Å². The van der Waals surface area contributed by atoms with Gasteiger partial charge in [0.2, 0.25) is 0 Å². The van der Waals surface area contributed by atoms with E-state index in [2.05, 4.69) is 0 Å². The number of benzene rings is 1. The van der Waals surface area contributed by atoms with E-state index >= 15 is 0 Å². The van der Waals surface area contributed by atoms with Crippen molar-refractivity contribution in [1.82, 2.24) is 0 Å². The standard InChI is InChI=1S/C8H5OS/c9-7-2-1-6-3-4-10-8(6)5-7/h1-5H. The Kier molecular flexibility index (Phi) is 1.14. The molecule has 2 aromatic rings. The lowest BCUT2D eigenvalue weighted by molar-refractivity contribution is 0.355. The van der Waals surface area contributed by atoms with Gasteiger partial charge in [-0.15, -0.1) is 11.3 Å². The molecule has 0 saturated carbocycles.